The van der Waals surface area contributed by atoms with Crippen molar-refractivity contribution in [1.29, 1.82) is 0 Å². The smallest absolute Gasteiger partial charge is 0.162 e. The molecular weight excluding hydrogens is 362 g/mol. The van der Waals surface area contributed by atoms with Gasteiger partial charge in [0.15, 0.2) is 4.90 Å². The molecule has 3 aromatic rings. The van der Waals surface area contributed by atoms with Gasteiger partial charge in [-0.05, 0) is 42.5 Å². The monoisotopic (exact) mass is 379 g/mol. The molecule has 2 aromatic carbocycles. The van der Waals surface area contributed by atoms with Crippen molar-refractivity contribution in [2.24, 2.45) is 0 Å². The van der Waals surface area contributed by atoms with E-state index >= 15 is 0 Å². The van der Waals surface area contributed by atoms with Gasteiger partial charge in [0.25, 0.3) is 0 Å². The Morgan fingerprint density at radius 3 is 2.28 bits per heavy atom. The van der Waals surface area contributed by atoms with Crippen LogP contribution in [0.1, 0.15) is 0 Å². The number of benzene rings is 2. The lowest BCUT2D eigenvalue weighted by Crippen LogP contribution is -1.97. The second-order valence-corrected chi connectivity index (χ2v) is 8.72. The van der Waals surface area contributed by atoms with Gasteiger partial charge in [-0.1, -0.05) is 0 Å². The minimum atomic E-state index is -4.32. The number of phenolic OH excluding ortho intramolecular Hbond substituents is 2. The van der Waals surface area contributed by atoms with Crippen molar-refractivity contribution in [3.63, 3.8) is 0 Å². The second kappa shape index (κ2) is 7.73. The highest BCUT2D eigenvalue weighted by Gasteiger charge is 2.15. The maximum Gasteiger partial charge on any atom is 0.162 e. The van der Waals surface area contributed by atoms with Crippen LogP contribution in [0.2, 0.25) is 0 Å². The standard InChI is InChI=1S/C12H12O2S.C5H5NO3S/c1-15(2)12-6-5-11(14)9-4-3-8(13)7-10(9)12;7-10(8,9)5-2-1-3-6-4-5/h3-7H,1-2H3,(H-,13,14);1-4H,(H,7,8,9). The predicted octanol–water partition coefficient (Wildman–Crippen LogP) is 2.47. The number of phenols is 2. The molecule has 0 unspecified atom stereocenters. The van der Waals surface area contributed by atoms with Gasteiger partial charge >= 0.3 is 0 Å². The highest BCUT2D eigenvalue weighted by molar-refractivity contribution is 7.95. The molecule has 0 aliphatic carbocycles. The van der Waals surface area contributed by atoms with E-state index in [1.54, 1.807) is 24.3 Å². The molecule has 0 radical (unpaired) electrons. The lowest BCUT2D eigenvalue weighted by molar-refractivity contribution is 0.462. The fraction of sp³-hybridized carbons (Fsp3) is 0.118. The Labute approximate surface area is 148 Å². The predicted molar refractivity (Wildman–Crippen MR) is 97.0 cm³/mol. The Morgan fingerprint density at radius 1 is 1.04 bits per heavy atom. The molecule has 0 spiro atoms. The van der Waals surface area contributed by atoms with Gasteiger partial charge in [0, 0.05) is 34.1 Å². The molecule has 3 rings (SSSR count). The fourth-order valence-corrected chi connectivity index (χ4v) is 3.53. The SMILES string of the molecule is C[S+](C)c1ccc(O)c2ccc(O)cc12.O=S(=O)([O-])c1cccnc1. The lowest BCUT2D eigenvalue weighted by Gasteiger charge is -2.05. The summed E-state index contributed by atoms with van der Waals surface area (Å²) in [5, 5.41) is 20.9. The molecule has 0 saturated heterocycles. The van der Waals surface area contributed by atoms with Crippen molar-refractivity contribution in [2.75, 3.05) is 12.5 Å². The Bertz CT molecular complexity index is 973. The van der Waals surface area contributed by atoms with E-state index in [2.05, 4.69) is 17.5 Å². The molecule has 0 amide bonds. The quantitative estimate of drug-likeness (QED) is 0.523. The molecule has 0 bridgehead atoms. The second-order valence-electron chi connectivity index (χ2n) is 5.27. The van der Waals surface area contributed by atoms with Gasteiger partial charge in [0.05, 0.1) is 4.90 Å². The number of nitrogens with zero attached hydrogens (tertiary/aromatic N) is 1. The third-order valence-electron chi connectivity index (χ3n) is 3.30. The first-order valence-electron chi connectivity index (χ1n) is 7.08. The van der Waals surface area contributed by atoms with Crippen LogP contribution in [0.5, 0.6) is 11.5 Å². The van der Waals surface area contributed by atoms with E-state index in [1.807, 2.05) is 6.07 Å². The van der Waals surface area contributed by atoms with Gasteiger partial charge in [0.1, 0.15) is 34.1 Å². The zero-order chi connectivity index (χ0) is 18.6. The van der Waals surface area contributed by atoms with Crippen LogP contribution < -0.4 is 0 Å². The van der Waals surface area contributed by atoms with Crippen LogP contribution in [0.25, 0.3) is 10.8 Å². The summed E-state index contributed by atoms with van der Waals surface area (Å²) in [7, 11) is -4.21. The number of aromatic hydroxyl groups is 2. The van der Waals surface area contributed by atoms with E-state index in [4.69, 9.17) is 0 Å². The van der Waals surface area contributed by atoms with Crippen LogP contribution in [0.15, 0.2) is 64.6 Å². The maximum atomic E-state index is 10.2. The van der Waals surface area contributed by atoms with Crippen molar-refractivity contribution < 1.29 is 23.2 Å². The van der Waals surface area contributed by atoms with Gasteiger partial charge in [-0.2, -0.15) is 0 Å². The third kappa shape index (κ3) is 4.85. The average molecular weight is 379 g/mol. The Morgan fingerprint density at radius 2 is 1.76 bits per heavy atom. The van der Waals surface area contributed by atoms with Gasteiger partial charge in [-0.15, -0.1) is 0 Å². The molecule has 8 heteroatoms. The first kappa shape index (κ1) is 19.0. The van der Waals surface area contributed by atoms with E-state index in [0.29, 0.717) is 0 Å². The topological polar surface area (TPSA) is 111 Å². The lowest BCUT2D eigenvalue weighted by atomic mass is 10.1. The van der Waals surface area contributed by atoms with Crippen LogP contribution in [0.3, 0.4) is 0 Å². The minimum absolute atomic E-state index is 0.108. The number of pyridine rings is 1. The first-order chi connectivity index (χ1) is 11.7. The molecule has 6 nitrogen and oxygen atoms in total. The van der Waals surface area contributed by atoms with E-state index in [1.165, 1.54) is 23.2 Å². The van der Waals surface area contributed by atoms with Gasteiger partial charge in [-0.3, -0.25) is 4.98 Å². The summed E-state index contributed by atoms with van der Waals surface area (Å²) in [5.41, 5.74) is 0. The Hall–Kier alpha value is -2.29. The van der Waals surface area contributed by atoms with Crippen LogP contribution in [0.4, 0.5) is 0 Å². The summed E-state index contributed by atoms with van der Waals surface area (Å²) in [6.45, 7) is 0. The average Bonchev–Trinajstić information content (AvgIpc) is 2.55. The summed E-state index contributed by atoms with van der Waals surface area (Å²) in [5.74, 6) is 0.499. The highest BCUT2D eigenvalue weighted by Crippen LogP contribution is 2.32. The molecule has 132 valence electrons. The molecule has 0 atom stereocenters. The van der Waals surface area contributed by atoms with E-state index in [-0.39, 0.29) is 27.3 Å². The van der Waals surface area contributed by atoms with Gasteiger partial charge < -0.3 is 14.8 Å². The normalized spacial score (nSPS) is 11.2. The molecule has 1 heterocycles. The molecule has 0 saturated carbocycles. The number of hydrogen-bond donors (Lipinski definition) is 2. The molecule has 0 aliphatic heterocycles. The maximum absolute atomic E-state index is 10.2. The van der Waals surface area contributed by atoms with Crippen LogP contribution >= 0.6 is 0 Å². The van der Waals surface area contributed by atoms with Crippen LogP contribution in [-0.4, -0.2) is 40.7 Å². The summed E-state index contributed by atoms with van der Waals surface area (Å²) >= 11 is 0. The van der Waals surface area contributed by atoms with Gasteiger partial charge in [0.2, 0.25) is 0 Å². The van der Waals surface area contributed by atoms with Crippen molar-refractivity contribution in [1.82, 2.24) is 4.98 Å². The molecule has 0 aliphatic rings. The summed E-state index contributed by atoms with van der Waals surface area (Å²) < 4.78 is 30.7. The van der Waals surface area contributed by atoms with E-state index < -0.39 is 10.1 Å². The first-order valence-corrected chi connectivity index (χ1v) is 10.5. The molecular formula is C17H17NO5S2. The van der Waals surface area contributed by atoms with Crippen LogP contribution in [0, 0.1) is 0 Å². The number of hydrogen-bond acceptors (Lipinski definition) is 6. The van der Waals surface area contributed by atoms with Crippen molar-refractivity contribution in [2.45, 2.75) is 9.79 Å². The highest BCUT2D eigenvalue weighted by atomic mass is 32.2. The van der Waals surface area contributed by atoms with Crippen molar-refractivity contribution in [3.05, 3.63) is 54.9 Å². The molecule has 1 aromatic heterocycles. The molecule has 25 heavy (non-hydrogen) atoms. The number of fused-ring (bicyclic) bond motifs is 1. The summed E-state index contributed by atoms with van der Waals surface area (Å²) in [6, 6.07) is 11.3. The van der Waals surface area contributed by atoms with E-state index in [9.17, 15) is 23.2 Å². The third-order valence-corrected chi connectivity index (χ3v) is 5.35. The zero-order valence-corrected chi connectivity index (χ0v) is 15.2. The molecule has 2 N–H and O–H groups in total. The van der Waals surface area contributed by atoms with Crippen molar-refractivity contribution >= 4 is 31.8 Å². The largest absolute Gasteiger partial charge is 0.744 e. The minimum Gasteiger partial charge on any atom is -0.744 e. The number of rotatable bonds is 2. The Kier molecular flexibility index (Phi) is 5.89. The summed E-state index contributed by atoms with van der Waals surface area (Å²) in [4.78, 5) is 4.34. The van der Waals surface area contributed by atoms with Crippen LogP contribution in [-0.2, 0) is 21.0 Å². The Balaban J connectivity index is 0.000000196. The van der Waals surface area contributed by atoms with Crippen molar-refractivity contribution in [3.8, 4) is 11.5 Å². The summed E-state index contributed by atoms with van der Waals surface area (Å²) in [6.07, 6.45) is 6.66. The number of aromatic nitrogens is 1. The molecule has 0 fully saturated rings. The van der Waals surface area contributed by atoms with Gasteiger partial charge in [-0.25, -0.2) is 8.42 Å². The zero-order valence-electron chi connectivity index (χ0n) is 13.6. The van der Waals surface area contributed by atoms with E-state index in [0.717, 1.165) is 17.0 Å². The fourth-order valence-electron chi connectivity index (χ4n) is 2.14.